The van der Waals surface area contributed by atoms with Gasteiger partial charge in [-0.1, -0.05) is 60.8 Å². The van der Waals surface area contributed by atoms with Gasteiger partial charge in [0.25, 0.3) is 5.89 Å². The maximum atomic E-state index is 6.55. The zero-order valence-electron chi connectivity index (χ0n) is 17.0. The first-order valence-corrected chi connectivity index (χ1v) is 11.2. The van der Waals surface area contributed by atoms with Gasteiger partial charge in [0, 0.05) is 26.6 Å². The van der Waals surface area contributed by atoms with Crippen molar-refractivity contribution in [3.8, 4) is 28.5 Å². The first kappa shape index (κ1) is 20.6. The minimum absolute atomic E-state index is 0.0152. The Morgan fingerprint density at radius 2 is 1.71 bits per heavy atom. The molecule has 1 aliphatic rings. The molecule has 2 heterocycles. The maximum Gasteiger partial charge on any atom is 0.268 e. The van der Waals surface area contributed by atoms with Crippen LogP contribution in [-0.2, 0) is 11.8 Å². The first-order valence-electron chi connectivity index (χ1n) is 10.1. The molecule has 4 aromatic rings. The maximum absolute atomic E-state index is 6.55. The lowest BCUT2D eigenvalue weighted by molar-refractivity contribution is 0.457. The molecule has 1 aliphatic carbocycles. The Kier molecular flexibility index (Phi) is 5.08. The quantitative estimate of drug-likeness (QED) is 0.308. The van der Waals surface area contributed by atoms with E-state index < -0.39 is 0 Å². The van der Waals surface area contributed by atoms with Gasteiger partial charge in [-0.05, 0) is 49.6 Å². The standard InChI is InChI=1S/C23H19Cl3N4O/c1-3-16-19(21-27-28-22(31-21)23(2)10-11-23)29-30(18-9-8-15(25)12-17(18)26)20(16)13-4-6-14(24)7-5-13/h4-9,12H,3,10-11H2,1-2H3. The molecule has 5 nitrogen and oxygen atoms in total. The molecule has 0 spiro atoms. The van der Waals surface area contributed by atoms with Gasteiger partial charge in [-0.3, -0.25) is 0 Å². The van der Waals surface area contributed by atoms with Crippen LogP contribution in [0.1, 0.15) is 38.1 Å². The highest BCUT2D eigenvalue weighted by molar-refractivity contribution is 6.35. The SMILES string of the molecule is CCc1c(-c2nnc(C3(C)CC3)o2)nn(-c2ccc(Cl)cc2Cl)c1-c1ccc(Cl)cc1. The molecule has 2 aromatic heterocycles. The molecule has 1 saturated carbocycles. The van der Waals surface area contributed by atoms with Crippen LogP contribution in [0.2, 0.25) is 15.1 Å². The average molecular weight is 474 g/mol. The van der Waals surface area contributed by atoms with Crippen LogP contribution in [0.3, 0.4) is 0 Å². The highest BCUT2D eigenvalue weighted by atomic mass is 35.5. The molecule has 31 heavy (non-hydrogen) atoms. The van der Waals surface area contributed by atoms with Crippen LogP contribution in [0.4, 0.5) is 0 Å². The van der Waals surface area contributed by atoms with Crippen LogP contribution in [-0.4, -0.2) is 20.0 Å². The molecule has 1 fully saturated rings. The Balaban J connectivity index is 1.74. The number of aromatic nitrogens is 4. The minimum atomic E-state index is -0.0152. The summed E-state index contributed by atoms with van der Waals surface area (Å²) in [6.07, 6.45) is 2.83. The largest absolute Gasteiger partial charge is 0.419 e. The Morgan fingerprint density at radius 1 is 1.00 bits per heavy atom. The monoisotopic (exact) mass is 472 g/mol. The molecule has 0 bridgehead atoms. The Bertz CT molecular complexity index is 1270. The number of hydrogen-bond acceptors (Lipinski definition) is 4. The van der Waals surface area contributed by atoms with Crippen molar-refractivity contribution in [2.24, 2.45) is 0 Å². The third-order valence-electron chi connectivity index (χ3n) is 5.74. The first-order chi connectivity index (χ1) is 14.9. The second-order valence-electron chi connectivity index (χ2n) is 8.02. The van der Waals surface area contributed by atoms with E-state index in [4.69, 9.17) is 44.3 Å². The molecule has 5 rings (SSSR count). The highest BCUT2D eigenvalue weighted by Crippen LogP contribution is 2.47. The van der Waals surface area contributed by atoms with Crippen molar-refractivity contribution in [3.05, 3.63) is 69.0 Å². The van der Waals surface area contributed by atoms with Crippen molar-refractivity contribution in [2.75, 3.05) is 0 Å². The van der Waals surface area contributed by atoms with Gasteiger partial charge >= 0.3 is 0 Å². The van der Waals surface area contributed by atoms with Gasteiger partial charge in [0.1, 0.15) is 0 Å². The summed E-state index contributed by atoms with van der Waals surface area (Å²) < 4.78 is 7.89. The average Bonchev–Trinajstić information content (AvgIpc) is 3.16. The second-order valence-corrected chi connectivity index (χ2v) is 9.30. The summed E-state index contributed by atoms with van der Waals surface area (Å²) in [5, 5.41) is 15.2. The molecule has 8 heteroatoms. The van der Waals surface area contributed by atoms with Gasteiger partial charge in [0.05, 0.1) is 16.4 Å². The van der Waals surface area contributed by atoms with E-state index in [9.17, 15) is 0 Å². The Morgan fingerprint density at radius 3 is 2.35 bits per heavy atom. The van der Waals surface area contributed by atoms with E-state index >= 15 is 0 Å². The van der Waals surface area contributed by atoms with Crippen molar-refractivity contribution in [1.82, 2.24) is 20.0 Å². The number of hydrogen-bond donors (Lipinski definition) is 0. The van der Waals surface area contributed by atoms with Gasteiger partial charge in [-0.15, -0.1) is 10.2 Å². The summed E-state index contributed by atoms with van der Waals surface area (Å²) in [6.45, 7) is 4.21. The van der Waals surface area contributed by atoms with Gasteiger partial charge in [-0.25, -0.2) is 4.68 Å². The molecule has 0 saturated heterocycles. The van der Waals surface area contributed by atoms with Gasteiger partial charge in [-0.2, -0.15) is 5.10 Å². The van der Waals surface area contributed by atoms with Crippen LogP contribution >= 0.6 is 34.8 Å². The molecule has 0 unspecified atom stereocenters. The molecule has 158 valence electrons. The van der Waals surface area contributed by atoms with E-state index in [0.717, 1.165) is 29.7 Å². The molecular formula is C23H19Cl3N4O. The normalized spacial score (nSPS) is 14.7. The second kappa shape index (κ2) is 7.66. The molecule has 0 amide bonds. The summed E-state index contributed by atoms with van der Waals surface area (Å²) >= 11 is 18.8. The molecule has 0 N–H and O–H groups in total. The third kappa shape index (κ3) is 3.65. The van der Waals surface area contributed by atoms with Crippen LogP contribution in [0.25, 0.3) is 28.5 Å². The molecular weight excluding hydrogens is 455 g/mol. The lowest BCUT2D eigenvalue weighted by Gasteiger charge is -2.11. The zero-order valence-corrected chi connectivity index (χ0v) is 19.3. The van der Waals surface area contributed by atoms with Crippen LogP contribution in [0, 0.1) is 0 Å². The van der Waals surface area contributed by atoms with Gasteiger partial charge in [0.2, 0.25) is 5.89 Å². The fourth-order valence-electron chi connectivity index (χ4n) is 3.65. The van der Waals surface area contributed by atoms with Gasteiger partial charge < -0.3 is 4.42 Å². The molecule has 0 radical (unpaired) electrons. The van der Waals surface area contributed by atoms with E-state index in [2.05, 4.69) is 24.0 Å². The topological polar surface area (TPSA) is 56.7 Å². The smallest absolute Gasteiger partial charge is 0.268 e. The van der Waals surface area contributed by atoms with Crippen molar-refractivity contribution in [1.29, 1.82) is 0 Å². The summed E-state index contributed by atoms with van der Waals surface area (Å²) in [7, 11) is 0. The fraction of sp³-hybridized carbons (Fsp3) is 0.261. The summed E-state index contributed by atoms with van der Waals surface area (Å²) in [5.74, 6) is 1.08. The van der Waals surface area contributed by atoms with E-state index in [1.807, 2.05) is 35.0 Å². The summed E-state index contributed by atoms with van der Waals surface area (Å²) in [5.41, 5.74) is 4.20. The predicted molar refractivity (Wildman–Crippen MR) is 123 cm³/mol. The van der Waals surface area contributed by atoms with E-state index in [-0.39, 0.29) is 5.41 Å². The van der Waals surface area contributed by atoms with Gasteiger partial charge in [0.15, 0.2) is 5.69 Å². The number of benzene rings is 2. The van der Waals surface area contributed by atoms with Crippen LogP contribution < -0.4 is 0 Å². The third-order valence-corrected chi connectivity index (χ3v) is 6.53. The fourth-order valence-corrected chi connectivity index (χ4v) is 4.27. The van der Waals surface area contributed by atoms with E-state index in [1.165, 1.54) is 0 Å². The number of rotatable bonds is 5. The molecule has 0 atom stereocenters. The summed E-state index contributed by atoms with van der Waals surface area (Å²) in [6, 6.07) is 13.0. The lowest BCUT2D eigenvalue weighted by Crippen LogP contribution is -2.01. The Labute approximate surface area is 195 Å². The molecule has 0 aliphatic heterocycles. The molecule has 2 aromatic carbocycles. The van der Waals surface area contributed by atoms with Crippen molar-refractivity contribution >= 4 is 34.8 Å². The van der Waals surface area contributed by atoms with Crippen molar-refractivity contribution < 1.29 is 4.42 Å². The van der Waals surface area contributed by atoms with E-state index in [1.54, 1.807) is 12.1 Å². The summed E-state index contributed by atoms with van der Waals surface area (Å²) in [4.78, 5) is 0. The minimum Gasteiger partial charge on any atom is -0.419 e. The van der Waals surface area contributed by atoms with Crippen LogP contribution in [0.5, 0.6) is 0 Å². The predicted octanol–water partition coefficient (Wildman–Crippen LogP) is 7.16. The van der Waals surface area contributed by atoms with Crippen molar-refractivity contribution in [3.63, 3.8) is 0 Å². The highest BCUT2D eigenvalue weighted by Gasteiger charge is 2.44. The van der Waals surface area contributed by atoms with Crippen LogP contribution in [0.15, 0.2) is 46.9 Å². The number of nitrogens with zero attached hydrogens (tertiary/aromatic N) is 4. The Hall–Kier alpha value is -2.34. The van der Waals surface area contributed by atoms with Crippen molar-refractivity contribution in [2.45, 2.75) is 38.5 Å². The van der Waals surface area contributed by atoms with E-state index in [0.29, 0.717) is 44.7 Å². The lowest BCUT2D eigenvalue weighted by atomic mass is 10.0. The number of halogens is 3. The zero-order chi connectivity index (χ0) is 21.8.